The largest absolute Gasteiger partial charge is 0.347 e. The minimum absolute atomic E-state index is 0.0242. The van der Waals surface area contributed by atoms with Crippen LogP contribution in [0.1, 0.15) is 24.5 Å². The van der Waals surface area contributed by atoms with E-state index in [2.05, 4.69) is 5.32 Å². The molecule has 3 aromatic rings. The van der Waals surface area contributed by atoms with Crippen molar-refractivity contribution in [2.24, 2.45) is 0 Å². The molecule has 0 aliphatic heterocycles. The molecule has 0 aromatic heterocycles. The van der Waals surface area contributed by atoms with Crippen molar-refractivity contribution in [1.82, 2.24) is 10.2 Å². The Hall–Kier alpha value is -3.14. The van der Waals surface area contributed by atoms with E-state index in [1.165, 1.54) is 0 Å². The lowest BCUT2D eigenvalue weighted by atomic mass is 10.0. The lowest BCUT2D eigenvalue weighted by Crippen LogP contribution is -2.40. The van der Waals surface area contributed by atoms with Crippen LogP contribution in [0, 0.1) is 0 Å². The van der Waals surface area contributed by atoms with E-state index in [-0.39, 0.29) is 24.8 Å². The SMILES string of the molecule is CCCN(Cc1ccccc1)C(=O)CNC(=O)Cc1cccc2ccccc12. The van der Waals surface area contributed by atoms with Crippen molar-refractivity contribution in [2.45, 2.75) is 26.3 Å². The summed E-state index contributed by atoms with van der Waals surface area (Å²) in [5.41, 5.74) is 2.06. The predicted octanol–water partition coefficient (Wildman–Crippen LogP) is 3.94. The first-order valence-corrected chi connectivity index (χ1v) is 9.72. The molecule has 0 unspecified atom stereocenters. The third kappa shape index (κ3) is 5.19. The molecule has 3 aromatic carbocycles. The van der Waals surface area contributed by atoms with Crippen LogP contribution in [0.25, 0.3) is 10.8 Å². The number of hydrogen-bond acceptors (Lipinski definition) is 2. The maximum absolute atomic E-state index is 12.6. The summed E-state index contributed by atoms with van der Waals surface area (Å²) in [5, 5.41) is 4.97. The fourth-order valence-electron chi connectivity index (χ4n) is 3.33. The molecule has 4 nitrogen and oxygen atoms in total. The molecular weight excluding hydrogens is 348 g/mol. The van der Waals surface area contributed by atoms with Gasteiger partial charge in [-0.15, -0.1) is 0 Å². The Kier molecular flexibility index (Phi) is 6.79. The van der Waals surface area contributed by atoms with Crippen LogP contribution in [-0.2, 0) is 22.6 Å². The number of carbonyl (C=O) groups excluding carboxylic acids is 2. The highest BCUT2D eigenvalue weighted by atomic mass is 16.2. The summed E-state index contributed by atoms with van der Waals surface area (Å²) in [6.07, 6.45) is 1.14. The summed E-state index contributed by atoms with van der Waals surface area (Å²) >= 11 is 0. The number of hydrogen-bond donors (Lipinski definition) is 1. The summed E-state index contributed by atoms with van der Waals surface area (Å²) in [5.74, 6) is -0.196. The highest BCUT2D eigenvalue weighted by Crippen LogP contribution is 2.18. The van der Waals surface area contributed by atoms with Gasteiger partial charge >= 0.3 is 0 Å². The van der Waals surface area contributed by atoms with Gasteiger partial charge in [0.1, 0.15) is 0 Å². The molecule has 0 radical (unpaired) electrons. The van der Waals surface area contributed by atoms with Gasteiger partial charge in [0.2, 0.25) is 11.8 Å². The van der Waals surface area contributed by atoms with Crippen LogP contribution in [-0.4, -0.2) is 29.8 Å². The van der Waals surface area contributed by atoms with E-state index < -0.39 is 0 Å². The van der Waals surface area contributed by atoms with Gasteiger partial charge in [-0.1, -0.05) is 79.7 Å². The van der Waals surface area contributed by atoms with Crippen LogP contribution >= 0.6 is 0 Å². The number of benzene rings is 3. The van der Waals surface area contributed by atoms with Gasteiger partial charge < -0.3 is 10.2 Å². The van der Waals surface area contributed by atoms with E-state index in [0.717, 1.165) is 28.3 Å². The van der Waals surface area contributed by atoms with Crippen molar-refractivity contribution >= 4 is 22.6 Å². The average Bonchev–Trinajstić information content (AvgIpc) is 2.73. The van der Waals surface area contributed by atoms with Crippen LogP contribution < -0.4 is 5.32 Å². The van der Waals surface area contributed by atoms with E-state index in [9.17, 15) is 9.59 Å². The zero-order valence-corrected chi connectivity index (χ0v) is 16.2. The normalized spacial score (nSPS) is 10.6. The lowest BCUT2D eigenvalue weighted by molar-refractivity contribution is -0.133. The smallest absolute Gasteiger partial charge is 0.242 e. The van der Waals surface area contributed by atoms with Crippen LogP contribution in [0.4, 0.5) is 0 Å². The summed E-state index contributed by atoms with van der Waals surface area (Å²) in [6.45, 7) is 3.31. The van der Waals surface area contributed by atoms with E-state index in [4.69, 9.17) is 0 Å². The molecule has 0 saturated heterocycles. The summed E-state index contributed by atoms with van der Waals surface area (Å²) in [7, 11) is 0. The van der Waals surface area contributed by atoms with Crippen molar-refractivity contribution in [1.29, 1.82) is 0 Å². The summed E-state index contributed by atoms with van der Waals surface area (Å²) < 4.78 is 0. The molecule has 0 fully saturated rings. The summed E-state index contributed by atoms with van der Waals surface area (Å²) in [6, 6.07) is 23.9. The number of fused-ring (bicyclic) bond motifs is 1. The zero-order valence-electron chi connectivity index (χ0n) is 16.2. The second-order valence-electron chi connectivity index (χ2n) is 6.89. The molecule has 0 bridgehead atoms. The number of amides is 2. The van der Waals surface area contributed by atoms with Gasteiger partial charge in [0.05, 0.1) is 13.0 Å². The highest BCUT2D eigenvalue weighted by Gasteiger charge is 2.15. The topological polar surface area (TPSA) is 49.4 Å². The fourth-order valence-corrected chi connectivity index (χ4v) is 3.33. The van der Waals surface area contributed by atoms with Gasteiger partial charge in [-0.05, 0) is 28.3 Å². The van der Waals surface area contributed by atoms with Gasteiger partial charge in [0.25, 0.3) is 0 Å². The Morgan fingerprint density at radius 1 is 0.893 bits per heavy atom. The quantitative estimate of drug-likeness (QED) is 0.649. The molecular formula is C24H26N2O2. The molecule has 28 heavy (non-hydrogen) atoms. The van der Waals surface area contributed by atoms with Gasteiger partial charge in [-0.2, -0.15) is 0 Å². The Balaban J connectivity index is 1.58. The molecule has 3 rings (SSSR count). The Morgan fingerprint density at radius 3 is 2.39 bits per heavy atom. The third-order valence-electron chi connectivity index (χ3n) is 4.73. The molecule has 0 heterocycles. The molecule has 0 aliphatic rings. The van der Waals surface area contributed by atoms with E-state index >= 15 is 0 Å². The maximum atomic E-state index is 12.6. The molecule has 0 aliphatic carbocycles. The first-order chi connectivity index (χ1) is 13.7. The average molecular weight is 374 g/mol. The number of carbonyl (C=O) groups is 2. The van der Waals surface area contributed by atoms with Crippen molar-refractivity contribution in [3.05, 3.63) is 83.9 Å². The molecule has 0 spiro atoms. The third-order valence-corrected chi connectivity index (χ3v) is 4.73. The number of nitrogens with one attached hydrogen (secondary N) is 1. The predicted molar refractivity (Wildman–Crippen MR) is 113 cm³/mol. The van der Waals surface area contributed by atoms with Gasteiger partial charge in [-0.3, -0.25) is 9.59 Å². The number of rotatable bonds is 8. The first-order valence-electron chi connectivity index (χ1n) is 9.72. The monoisotopic (exact) mass is 374 g/mol. The minimum atomic E-state index is -0.138. The van der Waals surface area contributed by atoms with Gasteiger partial charge in [0.15, 0.2) is 0 Å². The highest BCUT2D eigenvalue weighted by molar-refractivity contribution is 5.91. The van der Waals surface area contributed by atoms with Crippen molar-refractivity contribution in [2.75, 3.05) is 13.1 Å². The zero-order chi connectivity index (χ0) is 19.8. The Bertz CT molecular complexity index is 932. The van der Waals surface area contributed by atoms with Crippen LogP contribution in [0.15, 0.2) is 72.8 Å². The molecule has 1 N–H and O–H groups in total. The van der Waals surface area contributed by atoms with Crippen LogP contribution in [0.2, 0.25) is 0 Å². The first kappa shape index (κ1) is 19.6. The maximum Gasteiger partial charge on any atom is 0.242 e. The van der Waals surface area contributed by atoms with Crippen LogP contribution in [0.3, 0.4) is 0 Å². The second-order valence-corrected chi connectivity index (χ2v) is 6.89. The fraction of sp³-hybridized carbons (Fsp3) is 0.250. The van der Waals surface area contributed by atoms with Gasteiger partial charge in [0, 0.05) is 13.1 Å². The second kappa shape index (κ2) is 9.70. The van der Waals surface area contributed by atoms with Crippen molar-refractivity contribution < 1.29 is 9.59 Å². The standard InChI is InChI=1S/C24H26N2O2/c1-2-15-26(18-19-9-4-3-5-10-19)24(28)17-25-23(27)16-21-13-8-12-20-11-6-7-14-22(20)21/h3-14H,2,15-18H2,1H3,(H,25,27). The molecule has 144 valence electrons. The van der Waals surface area contributed by atoms with E-state index in [0.29, 0.717) is 13.1 Å². The molecule has 4 heteroatoms. The van der Waals surface area contributed by atoms with Gasteiger partial charge in [-0.25, -0.2) is 0 Å². The number of nitrogens with zero attached hydrogens (tertiary/aromatic N) is 1. The molecule has 0 atom stereocenters. The Labute approximate surface area is 166 Å². The minimum Gasteiger partial charge on any atom is -0.347 e. The Morgan fingerprint density at radius 2 is 1.61 bits per heavy atom. The lowest BCUT2D eigenvalue weighted by Gasteiger charge is -2.22. The molecule has 0 saturated carbocycles. The van der Waals surface area contributed by atoms with E-state index in [1.54, 1.807) is 4.90 Å². The van der Waals surface area contributed by atoms with E-state index in [1.807, 2.05) is 79.7 Å². The molecule has 2 amide bonds. The van der Waals surface area contributed by atoms with Crippen molar-refractivity contribution in [3.63, 3.8) is 0 Å². The van der Waals surface area contributed by atoms with Crippen LogP contribution in [0.5, 0.6) is 0 Å². The van der Waals surface area contributed by atoms with Crippen molar-refractivity contribution in [3.8, 4) is 0 Å². The summed E-state index contributed by atoms with van der Waals surface area (Å²) in [4.78, 5) is 26.8.